The Kier molecular flexibility index (Phi) is 6.25. The predicted octanol–water partition coefficient (Wildman–Crippen LogP) is 2.77. The van der Waals surface area contributed by atoms with Crippen molar-refractivity contribution in [2.45, 2.75) is 6.61 Å². The van der Waals surface area contributed by atoms with Gasteiger partial charge in [-0.25, -0.2) is 5.43 Å². The van der Waals surface area contributed by atoms with Gasteiger partial charge in [-0.3, -0.25) is 9.89 Å². The molecule has 2 N–H and O–H groups in total. The lowest BCUT2D eigenvalue weighted by Crippen LogP contribution is -2.18. The van der Waals surface area contributed by atoms with Gasteiger partial charge in [0.1, 0.15) is 29.5 Å². The first-order chi connectivity index (χ1) is 13.7. The van der Waals surface area contributed by atoms with E-state index in [1.165, 1.54) is 6.20 Å². The van der Waals surface area contributed by atoms with Gasteiger partial charge in [0.2, 0.25) is 0 Å². The van der Waals surface area contributed by atoms with Crippen molar-refractivity contribution in [2.24, 2.45) is 5.10 Å². The average molecular weight is 380 g/mol. The number of benzene rings is 2. The maximum atomic E-state index is 11.8. The molecule has 1 heterocycles. The minimum Gasteiger partial charge on any atom is -0.497 e. The van der Waals surface area contributed by atoms with Gasteiger partial charge in [0.15, 0.2) is 0 Å². The molecule has 8 nitrogen and oxygen atoms in total. The van der Waals surface area contributed by atoms with Crippen molar-refractivity contribution in [1.29, 1.82) is 0 Å². The van der Waals surface area contributed by atoms with Crippen LogP contribution in [0.4, 0.5) is 0 Å². The molecule has 0 aliphatic heterocycles. The molecule has 2 aromatic carbocycles. The second-order valence-electron chi connectivity index (χ2n) is 5.71. The summed E-state index contributed by atoms with van der Waals surface area (Å²) in [5, 5.41) is 10.3. The minimum atomic E-state index is -0.371. The molecule has 3 aromatic rings. The molecule has 0 saturated heterocycles. The number of ether oxygens (including phenoxy) is 3. The first-order valence-electron chi connectivity index (χ1n) is 8.46. The molecule has 0 radical (unpaired) electrons. The summed E-state index contributed by atoms with van der Waals surface area (Å²) in [6.07, 6.45) is 3.04. The van der Waals surface area contributed by atoms with E-state index in [0.717, 1.165) is 16.9 Å². The normalized spacial score (nSPS) is 10.6. The largest absolute Gasteiger partial charge is 0.497 e. The number of methoxy groups -OCH3 is 2. The molecule has 0 aliphatic carbocycles. The van der Waals surface area contributed by atoms with Crippen LogP contribution in [0.15, 0.2) is 59.8 Å². The number of amides is 1. The predicted molar refractivity (Wildman–Crippen MR) is 104 cm³/mol. The summed E-state index contributed by atoms with van der Waals surface area (Å²) < 4.78 is 16.4. The molecule has 144 valence electrons. The fourth-order valence-electron chi connectivity index (χ4n) is 2.45. The van der Waals surface area contributed by atoms with E-state index in [9.17, 15) is 4.79 Å². The van der Waals surface area contributed by atoms with Crippen LogP contribution in [0.2, 0.25) is 0 Å². The summed E-state index contributed by atoms with van der Waals surface area (Å²) in [4.78, 5) is 11.8. The molecule has 0 unspecified atom stereocenters. The molecule has 28 heavy (non-hydrogen) atoms. The zero-order valence-electron chi connectivity index (χ0n) is 15.5. The smallest absolute Gasteiger partial charge is 0.289 e. The second-order valence-corrected chi connectivity index (χ2v) is 5.71. The third kappa shape index (κ3) is 4.88. The van der Waals surface area contributed by atoms with E-state index < -0.39 is 0 Å². The Bertz CT molecular complexity index is 955. The van der Waals surface area contributed by atoms with Crippen LogP contribution in [0, 0.1) is 0 Å². The van der Waals surface area contributed by atoms with Gasteiger partial charge in [0.25, 0.3) is 5.91 Å². The number of nitrogens with one attached hydrogen (secondary N) is 2. The van der Waals surface area contributed by atoms with Gasteiger partial charge in [-0.05, 0) is 42.0 Å². The summed E-state index contributed by atoms with van der Waals surface area (Å²) in [5.74, 6) is 1.73. The van der Waals surface area contributed by atoms with Gasteiger partial charge in [0, 0.05) is 17.8 Å². The zero-order chi connectivity index (χ0) is 19.8. The molecule has 8 heteroatoms. The fourth-order valence-corrected chi connectivity index (χ4v) is 2.45. The van der Waals surface area contributed by atoms with Crippen molar-refractivity contribution in [3.05, 3.63) is 71.5 Å². The van der Waals surface area contributed by atoms with Gasteiger partial charge in [-0.15, -0.1) is 0 Å². The highest BCUT2D eigenvalue weighted by molar-refractivity contribution is 5.93. The number of H-pyrrole nitrogens is 1. The summed E-state index contributed by atoms with van der Waals surface area (Å²) >= 11 is 0. The Balaban J connectivity index is 1.67. The maximum Gasteiger partial charge on any atom is 0.289 e. The van der Waals surface area contributed by atoms with E-state index in [1.54, 1.807) is 26.5 Å². The van der Waals surface area contributed by atoms with Crippen LogP contribution < -0.4 is 19.6 Å². The monoisotopic (exact) mass is 380 g/mol. The van der Waals surface area contributed by atoms with Crippen LogP contribution >= 0.6 is 0 Å². The standard InChI is InChI=1S/C20H20N4O4/c1-26-16-4-3-5-17(11-16)28-13-15-10-14(6-7-19(15)27-2)12-22-24-20(25)18-8-9-21-23-18/h3-12H,13H2,1-2H3,(H,21,23)(H,24,25)/b22-12+. The highest BCUT2D eigenvalue weighted by atomic mass is 16.5. The SMILES string of the molecule is COc1cccc(OCc2cc(/C=N/NC(=O)c3ccn[nH]3)ccc2OC)c1. The van der Waals surface area contributed by atoms with Gasteiger partial charge >= 0.3 is 0 Å². The summed E-state index contributed by atoms with van der Waals surface area (Å²) in [5.41, 5.74) is 4.40. The fraction of sp³-hybridized carbons (Fsp3) is 0.150. The number of aromatic amines is 1. The number of hydrogen-bond acceptors (Lipinski definition) is 6. The van der Waals surface area contributed by atoms with Gasteiger partial charge in [0.05, 0.1) is 20.4 Å². The van der Waals surface area contributed by atoms with Gasteiger partial charge in [-0.1, -0.05) is 6.07 Å². The Labute approximate surface area is 162 Å². The summed E-state index contributed by atoms with van der Waals surface area (Å²) in [6.45, 7) is 0.304. The Morgan fingerprint density at radius 2 is 2.00 bits per heavy atom. The number of rotatable bonds is 8. The van der Waals surface area contributed by atoms with E-state index >= 15 is 0 Å². The van der Waals surface area contributed by atoms with Crippen molar-refractivity contribution in [2.75, 3.05) is 14.2 Å². The number of hydrazone groups is 1. The maximum absolute atomic E-state index is 11.8. The molecular weight excluding hydrogens is 360 g/mol. The molecule has 1 aromatic heterocycles. The van der Waals surface area contributed by atoms with Crippen LogP contribution in [0.25, 0.3) is 0 Å². The molecule has 0 atom stereocenters. The number of nitrogens with zero attached hydrogens (tertiary/aromatic N) is 2. The van der Waals surface area contributed by atoms with Gasteiger partial charge < -0.3 is 14.2 Å². The van der Waals surface area contributed by atoms with E-state index in [4.69, 9.17) is 14.2 Å². The van der Waals surface area contributed by atoms with Crippen molar-refractivity contribution in [3.8, 4) is 17.2 Å². The van der Waals surface area contributed by atoms with Crippen LogP contribution in [0.5, 0.6) is 17.2 Å². The molecule has 0 spiro atoms. The van der Waals surface area contributed by atoms with E-state index in [0.29, 0.717) is 23.8 Å². The lowest BCUT2D eigenvalue weighted by atomic mass is 10.1. The lowest BCUT2D eigenvalue weighted by Gasteiger charge is -2.11. The van der Waals surface area contributed by atoms with E-state index in [2.05, 4.69) is 20.7 Å². The summed E-state index contributed by atoms with van der Waals surface area (Å²) in [6, 6.07) is 14.5. The molecular formula is C20H20N4O4. The first kappa shape index (κ1) is 19.0. The van der Waals surface area contributed by atoms with Gasteiger partial charge in [-0.2, -0.15) is 10.2 Å². The van der Waals surface area contributed by atoms with Crippen LogP contribution in [-0.4, -0.2) is 36.5 Å². The van der Waals surface area contributed by atoms with Crippen molar-refractivity contribution >= 4 is 12.1 Å². The Hall–Kier alpha value is -3.81. The molecule has 0 fully saturated rings. The van der Waals surface area contributed by atoms with Crippen LogP contribution in [0.3, 0.4) is 0 Å². The molecule has 0 saturated carbocycles. The van der Waals surface area contributed by atoms with E-state index in [1.807, 2.05) is 42.5 Å². The van der Waals surface area contributed by atoms with Crippen LogP contribution in [0.1, 0.15) is 21.6 Å². The highest BCUT2D eigenvalue weighted by Crippen LogP contribution is 2.24. The molecule has 1 amide bonds. The van der Waals surface area contributed by atoms with Crippen molar-refractivity contribution in [1.82, 2.24) is 15.6 Å². The quantitative estimate of drug-likeness (QED) is 0.463. The topological polar surface area (TPSA) is 97.8 Å². The number of hydrogen-bond donors (Lipinski definition) is 2. The first-order valence-corrected chi connectivity index (χ1v) is 8.46. The third-order valence-corrected chi connectivity index (χ3v) is 3.87. The van der Waals surface area contributed by atoms with Crippen molar-refractivity contribution < 1.29 is 19.0 Å². The minimum absolute atomic E-state index is 0.304. The number of carbonyl (C=O) groups is 1. The van der Waals surface area contributed by atoms with Crippen LogP contribution in [-0.2, 0) is 6.61 Å². The lowest BCUT2D eigenvalue weighted by molar-refractivity contribution is 0.0950. The average Bonchev–Trinajstić information content (AvgIpc) is 3.27. The summed E-state index contributed by atoms with van der Waals surface area (Å²) in [7, 11) is 3.21. The second kappa shape index (κ2) is 9.22. The molecule has 0 aliphatic rings. The number of carbonyl (C=O) groups excluding carboxylic acids is 1. The Morgan fingerprint density at radius 3 is 2.75 bits per heavy atom. The molecule has 3 rings (SSSR count). The third-order valence-electron chi connectivity index (χ3n) is 3.87. The zero-order valence-corrected chi connectivity index (χ0v) is 15.5. The molecule has 0 bridgehead atoms. The Morgan fingerprint density at radius 1 is 1.14 bits per heavy atom. The number of aromatic nitrogens is 2. The van der Waals surface area contributed by atoms with E-state index in [-0.39, 0.29) is 5.91 Å². The van der Waals surface area contributed by atoms with Crippen molar-refractivity contribution in [3.63, 3.8) is 0 Å². The highest BCUT2D eigenvalue weighted by Gasteiger charge is 2.07.